The van der Waals surface area contributed by atoms with Gasteiger partial charge in [-0.05, 0) is 98.2 Å². The van der Waals surface area contributed by atoms with Crippen LogP contribution in [0.4, 0.5) is 0 Å². The van der Waals surface area contributed by atoms with E-state index in [0.29, 0.717) is 13.2 Å². The molecule has 0 fully saturated rings. The molecule has 0 radical (unpaired) electrons. The molecule has 12 heteroatoms. The maximum atomic E-state index is 11.1. The van der Waals surface area contributed by atoms with E-state index >= 15 is 0 Å². The van der Waals surface area contributed by atoms with Gasteiger partial charge >= 0.3 is 11.9 Å². The van der Waals surface area contributed by atoms with Gasteiger partial charge in [0, 0.05) is 49.0 Å². The lowest BCUT2D eigenvalue weighted by atomic mass is 9.96. The molecule has 340 valence electrons. The monoisotopic (exact) mass is 920 g/mol. The van der Waals surface area contributed by atoms with Crippen molar-refractivity contribution < 1.29 is 29.3 Å². The lowest BCUT2D eigenvalue weighted by molar-refractivity contribution is -0.138. The van der Waals surface area contributed by atoms with Crippen molar-refractivity contribution in [3.05, 3.63) is 162 Å². The fourth-order valence-electron chi connectivity index (χ4n) is 8.31. The van der Waals surface area contributed by atoms with Gasteiger partial charge in [0.05, 0.1) is 46.1 Å². The summed E-state index contributed by atoms with van der Waals surface area (Å²) in [4.78, 5) is 39.3. The average molecular weight is 921 g/mol. The topological polar surface area (TPSA) is 125 Å². The molecule has 8 rings (SSSR count). The highest BCUT2D eigenvalue weighted by Crippen LogP contribution is 2.28. The van der Waals surface area contributed by atoms with Gasteiger partial charge in [0.15, 0.2) is 0 Å². The van der Waals surface area contributed by atoms with Crippen molar-refractivity contribution in [3.8, 4) is 35.2 Å². The first-order chi connectivity index (χ1) is 32.0. The van der Waals surface area contributed by atoms with E-state index in [9.17, 15) is 9.59 Å². The van der Waals surface area contributed by atoms with Crippen LogP contribution in [-0.2, 0) is 61.8 Å². The third kappa shape index (κ3) is 13.9. The Labute approximate surface area is 396 Å². The number of rotatable bonds is 16. The molecule has 0 unspecified atom stereocenters. The van der Waals surface area contributed by atoms with Crippen LogP contribution in [0.2, 0.25) is 0 Å². The van der Waals surface area contributed by atoms with Gasteiger partial charge in [0.25, 0.3) is 0 Å². The number of hydrogen-bond donors (Lipinski definition) is 2. The van der Waals surface area contributed by atoms with Crippen molar-refractivity contribution in [1.82, 2.24) is 19.8 Å². The molecule has 2 atom stereocenters. The Morgan fingerprint density at radius 3 is 1.39 bits per heavy atom. The summed E-state index contributed by atoms with van der Waals surface area (Å²) in [6.45, 7) is 14.3. The number of carboxylic acid groups (broad SMARTS) is 2. The van der Waals surface area contributed by atoms with Gasteiger partial charge in [-0.2, -0.15) is 0 Å². The second-order valence-electron chi connectivity index (χ2n) is 16.6. The highest BCUT2D eigenvalue weighted by Gasteiger charge is 2.22. The SMILES string of the molecule is CC#C[C@@H](CC(=O)O)c1ccc(OCc2cccc(CN3CCc4sc(C)nc4C3)c2)cc1.CC#C[C@@H](CC(=O)O)c1ccc(OCc2cccc(CN3CCc4sc(C)nc4C3)c2)cc1. The molecular formula is C54H56N4O6S2. The van der Waals surface area contributed by atoms with Crippen molar-refractivity contribution in [3.63, 3.8) is 0 Å². The van der Waals surface area contributed by atoms with Gasteiger partial charge < -0.3 is 19.7 Å². The molecular weight excluding hydrogens is 865 g/mol. The van der Waals surface area contributed by atoms with E-state index < -0.39 is 11.9 Å². The lowest BCUT2D eigenvalue weighted by Gasteiger charge is -2.26. The Morgan fingerprint density at radius 2 is 1.02 bits per heavy atom. The first kappa shape index (κ1) is 47.7. The van der Waals surface area contributed by atoms with Crippen LogP contribution in [0.15, 0.2) is 97.1 Å². The molecule has 0 saturated carbocycles. The van der Waals surface area contributed by atoms with Crippen LogP contribution >= 0.6 is 22.7 Å². The predicted molar refractivity (Wildman–Crippen MR) is 261 cm³/mol. The van der Waals surface area contributed by atoms with Crippen molar-refractivity contribution >= 4 is 34.6 Å². The molecule has 2 aromatic heterocycles. The number of aromatic nitrogens is 2. The van der Waals surface area contributed by atoms with Crippen molar-refractivity contribution in [2.75, 3.05) is 13.1 Å². The molecule has 2 aliphatic rings. The summed E-state index contributed by atoms with van der Waals surface area (Å²) in [6.07, 6.45) is 2.15. The Morgan fingerprint density at radius 1 is 0.621 bits per heavy atom. The van der Waals surface area contributed by atoms with E-state index in [4.69, 9.17) is 19.7 Å². The summed E-state index contributed by atoms with van der Waals surface area (Å²) < 4.78 is 12.0. The molecule has 4 aromatic carbocycles. The molecule has 2 N–H and O–H groups in total. The molecule has 66 heavy (non-hydrogen) atoms. The van der Waals surface area contributed by atoms with E-state index in [0.717, 1.165) is 95.9 Å². The minimum atomic E-state index is -0.852. The van der Waals surface area contributed by atoms with E-state index in [-0.39, 0.29) is 24.7 Å². The van der Waals surface area contributed by atoms with Crippen LogP contribution in [0.1, 0.15) is 103 Å². The number of carbonyl (C=O) groups is 2. The standard InChI is InChI=1S/2C27H28N2O3S/c2*1-3-5-23(15-27(30)31)22-8-10-24(11-9-22)32-18-21-7-4-6-20(14-21)16-29-13-12-26-25(17-29)28-19(2)33-26/h2*4,6-11,14,23H,12-13,15-18H2,1-2H3,(H,30,31)/t2*23-/m00/s1. The molecule has 4 heterocycles. The molecule has 0 bridgehead atoms. The summed E-state index contributed by atoms with van der Waals surface area (Å²) in [5.41, 5.74) is 9.05. The molecule has 2 aliphatic heterocycles. The number of aliphatic carboxylic acids is 2. The Bertz CT molecular complexity index is 2540. The third-order valence-electron chi connectivity index (χ3n) is 11.4. The molecule has 0 spiro atoms. The highest BCUT2D eigenvalue weighted by atomic mass is 32.1. The maximum absolute atomic E-state index is 11.1. The van der Waals surface area contributed by atoms with Crippen molar-refractivity contribution in [2.45, 2.75) is 105 Å². The van der Waals surface area contributed by atoms with Gasteiger partial charge in [-0.15, -0.1) is 34.5 Å². The number of benzene rings is 4. The van der Waals surface area contributed by atoms with Gasteiger partial charge in [0.1, 0.15) is 24.7 Å². The van der Waals surface area contributed by atoms with Crippen LogP contribution in [0, 0.1) is 37.5 Å². The zero-order chi connectivity index (χ0) is 46.4. The number of nitrogens with zero attached hydrogens (tertiary/aromatic N) is 4. The molecule has 0 aliphatic carbocycles. The van der Waals surface area contributed by atoms with Crippen LogP contribution in [0.5, 0.6) is 11.5 Å². The Balaban J connectivity index is 0.000000196. The molecule has 6 aromatic rings. The fourth-order valence-corrected chi connectivity index (χ4v) is 10.2. The smallest absolute Gasteiger partial charge is 0.304 e. The lowest BCUT2D eigenvalue weighted by Crippen LogP contribution is -2.29. The second kappa shape index (κ2) is 23.3. The second-order valence-corrected chi connectivity index (χ2v) is 19.1. The molecule has 10 nitrogen and oxygen atoms in total. The number of aryl methyl sites for hydroxylation is 2. The minimum absolute atomic E-state index is 0.00571. The summed E-state index contributed by atoms with van der Waals surface area (Å²) in [6, 6.07) is 32.2. The molecule has 0 saturated heterocycles. The summed E-state index contributed by atoms with van der Waals surface area (Å²) in [5.74, 6) is 10.8. The quantitative estimate of drug-likeness (QED) is 0.0907. The summed E-state index contributed by atoms with van der Waals surface area (Å²) in [5, 5.41) is 20.5. The van der Waals surface area contributed by atoms with E-state index in [1.54, 1.807) is 13.8 Å². The first-order valence-electron chi connectivity index (χ1n) is 22.2. The molecule has 0 amide bonds. The fraction of sp³-hybridized carbons (Fsp3) is 0.333. The third-order valence-corrected chi connectivity index (χ3v) is 13.5. The number of hydrogen-bond acceptors (Lipinski definition) is 10. The summed E-state index contributed by atoms with van der Waals surface area (Å²) in [7, 11) is 0. The highest BCUT2D eigenvalue weighted by molar-refractivity contribution is 7.12. The zero-order valence-electron chi connectivity index (χ0n) is 38.0. The van der Waals surface area contributed by atoms with Crippen LogP contribution < -0.4 is 9.47 Å². The Kier molecular flexibility index (Phi) is 16.8. The minimum Gasteiger partial charge on any atom is -0.489 e. The van der Waals surface area contributed by atoms with Gasteiger partial charge in [-0.25, -0.2) is 9.97 Å². The number of ether oxygens (including phenoxy) is 2. The van der Waals surface area contributed by atoms with Gasteiger partial charge in [0.2, 0.25) is 0 Å². The van der Waals surface area contributed by atoms with Gasteiger partial charge in [-0.1, -0.05) is 84.6 Å². The van der Waals surface area contributed by atoms with E-state index in [1.165, 1.54) is 32.3 Å². The number of fused-ring (bicyclic) bond motifs is 2. The zero-order valence-corrected chi connectivity index (χ0v) is 39.6. The van der Waals surface area contributed by atoms with Crippen LogP contribution in [0.3, 0.4) is 0 Å². The normalized spacial score (nSPS) is 14.1. The van der Waals surface area contributed by atoms with Crippen LogP contribution in [0.25, 0.3) is 0 Å². The van der Waals surface area contributed by atoms with E-state index in [1.807, 2.05) is 71.2 Å². The summed E-state index contributed by atoms with van der Waals surface area (Å²) >= 11 is 3.65. The maximum Gasteiger partial charge on any atom is 0.304 e. The number of carboxylic acids is 2. The van der Waals surface area contributed by atoms with E-state index in [2.05, 4.69) is 106 Å². The Hall–Kier alpha value is -6.28. The number of thiazole rings is 2. The van der Waals surface area contributed by atoms with Crippen molar-refractivity contribution in [2.24, 2.45) is 0 Å². The van der Waals surface area contributed by atoms with Crippen molar-refractivity contribution in [1.29, 1.82) is 0 Å². The van der Waals surface area contributed by atoms with Crippen LogP contribution in [-0.4, -0.2) is 55.0 Å². The first-order valence-corrected chi connectivity index (χ1v) is 23.9. The predicted octanol–water partition coefficient (Wildman–Crippen LogP) is 10.3. The van der Waals surface area contributed by atoms with Gasteiger partial charge in [-0.3, -0.25) is 19.4 Å². The average Bonchev–Trinajstić information content (AvgIpc) is 3.87. The largest absolute Gasteiger partial charge is 0.489 e.